The first kappa shape index (κ1) is 15.6. The molecule has 8 heteroatoms. The van der Waals surface area contributed by atoms with E-state index < -0.39 is 24.7 Å². The highest BCUT2D eigenvalue weighted by Gasteiger charge is 2.47. The van der Waals surface area contributed by atoms with Gasteiger partial charge in [-0.15, -0.1) is 11.3 Å². The van der Waals surface area contributed by atoms with Crippen LogP contribution < -0.4 is 4.74 Å². The van der Waals surface area contributed by atoms with Gasteiger partial charge in [-0.1, -0.05) is 15.9 Å². The zero-order chi connectivity index (χ0) is 15.1. The number of rotatable bonds is 1. The van der Waals surface area contributed by atoms with Crippen LogP contribution in [0.25, 0.3) is 0 Å². The molecule has 20 heavy (non-hydrogen) atoms. The number of hydrogen-bond acceptors (Lipinski definition) is 3. The highest BCUT2D eigenvalue weighted by atomic mass is 79.9. The number of alkyl halides is 4. The molecule has 0 saturated heterocycles. The largest absolute Gasteiger partial charge is 0.490 e. The molecule has 0 aromatic carbocycles. The highest BCUT2D eigenvalue weighted by molar-refractivity contribution is 9.09. The number of nitrogens with zero attached hydrogens (tertiary/aromatic N) is 1. The van der Waals surface area contributed by atoms with Gasteiger partial charge in [-0.2, -0.15) is 13.2 Å². The van der Waals surface area contributed by atoms with E-state index in [0.717, 1.165) is 15.3 Å². The Hall–Kier alpha value is -0.760. The topological polar surface area (TPSA) is 29.5 Å². The fourth-order valence-corrected chi connectivity index (χ4v) is 3.54. The summed E-state index contributed by atoms with van der Waals surface area (Å²) in [5, 5.41) is -0.141. The summed E-state index contributed by atoms with van der Waals surface area (Å²) in [6.07, 6.45) is -4.51. The van der Waals surface area contributed by atoms with Crippen LogP contribution in [0.15, 0.2) is 0 Å². The number of ether oxygens (including phenoxy) is 1. The first-order chi connectivity index (χ1) is 9.25. The van der Waals surface area contributed by atoms with Crippen LogP contribution in [0.4, 0.5) is 13.2 Å². The molecule has 2 heterocycles. The molecule has 0 bridgehead atoms. The maximum Gasteiger partial charge on any atom is 0.412 e. The van der Waals surface area contributed by atoms with E-state index in [0.29, 0.717) is 10.6 Å². The molecule has 0 N–H and O–H groups in total. The minimum Gasteiger partial charge on any atom is -0.490 e. The van der Waals surface area contributed by atoms with Gasteiger partial charge in [-0.05, 0) is 13.8 Å². The van der Waals surface area contributed by atoms with Crippen molar-refractivity contribution in [2.45, 2.75) is 32.6 Å². The fourth-order valence-electron chi connectivity index (χ4n) is 2.10. The van der Waals surface area contributed by atoms with E-state index in [2.05, 4.69) is 15.9 Å². The van der Waals surface area contributed by atoms with Gasteiger partial charge in [0.05, 0.1) is 16.8 Å². The van der Waals surface area contributed by atoms with Crippen LogP contribution in [0.2, 0.25) is 0 Å². The van der Waals surface area contributed by atoms with Crippen molar-refractivity contribution in [2.75, 3.05) is 11.9 Å². The van der Waals surface area contributed by atoms with E-state index in [1.165, 1.54) is 11.3 Å². The van der Waals surface area contributed by atoms with Gasteiger partial charge in [0.1, 0.15) is 12.4 Å². The molecule has 0 fully saturated rings. The van der Waals surface area contributed by atoms with Crippen LogP contribution in [-0.4, -0.2) is 35.0 Å². The molecule has 1 aromatic heterocycles. The molecule has 1 atom stereocenters. The summed E-state index contributed by atoms with van der Waals surface area (Å²) in [6, 6.07) is -1.91. The standard InChI is InChI=1S/C12H13BrF3NO2S/c1-6-7(2)20-8-4-17(10(18)3-13)9(12(14,15)16)5-19-11(6)8/h9H,3-5H2,1-2H3/t9-/m1/s1. The Labute approximate surface area is 126 Å². The summed E-state index contributed by atoms with van der Waals surface area (Å²) in [5.74, 6) is -0.0981. The second-order valence-corrected chi connectivity index (χ2v) is 6.43. The van der Waals surface area contributed by atoms with Gasteiger partial charge in [0.15, 0.2) is 6.04 Å². The number of aryl methyl sites for hydroxylation is 1. The van der Waals surface area contributed by atoms with Gasteiger partial charge in [-0.3, -0.25) is 4.79 Å². The van der Waals surface area contributed by atoms with E-state index in [-0.39, 0.29) is 11.9 Å². The SMILES string of the molecule is Cc1sc2c(c1C)OC[C@H](C(F)(F)F)N(C(=O)CBr)C2. The van der Waals surface area contributed by atoms with E-state index in [1.807, 2.05) is 13.8 Å². The molecule has 0 aliphatic carbocycles. The molecule has 1 aliphatic rings. The third kappa shape index (κ3) is 2.81. The van der Waals surface area contributed by atoms with Gasteiger partial charge in [0, 0.05) is 10.4 Å². The Morgan fingerprint density at radius 1 is 1.50 bits per heavy atom. The number of carbonyl (C=O) groups excluding carboxylic acids is 1. The second-order valence-electron chi connectivity index (χ2n) is 4.56. The number of halogens is 4. The molecule has 2 rings (SSSR count). The van der Waals surface area contributed by atoms with Crippen LogP contribution in [0.5, 0.6) is 5.75 Å². The Kier molecular flexibility index (Phi) is 4.34. The average molecular weight is 372 g/mol. The molecule has 0 saturated carbocycles. The monoisotopic (exact) mass is 371 g/mol. The summed E-state index contributed by atoms with van der Waals surface area (Å²) >= 11 is 4.31. The van der Waals surface area contributed by atoms with Gasteiger partial charge < -0.3 is 9.64 Å². The van der Waals surface area contributed by atoms with E-state index >= 15 is 0 Å². The Bertz CT molecular complexity index is 530. The third-order valence-corrected chi connectivity index (χ3v) is 4.94. The van der Waals surface area contributed by atoms with Crippen LogP contribution in [0, 0.1) is 13.8 Å². The summed E-state index contributed by atoms with van der Waals surface area (Å²) in [6.45, 7) is 3.07. The lowest BCUT2D eigenvalue weighted by Crippen LogP contribution is -2.51. The molecular weight excluding hydrogens is 359 g/mol. The molecular formula is C12H13BrF3NO2S. The van der Waals surface area contributed by atoms with Crippen molar-refractivity contribution in [3.63, 3.8) is 0 Å². The van der Waals surface area contributed by atoms with Crippen LogP contribution in [0.1, 0.15) is 15.3 Å². The quantitative estimate of drug-likeness (QED) is 0.708. The van der Waals surface area contributed by atoms with E-state index in [1.54, 1.807) is 0 Å². The summed E-state index contributed by atoms with van der Waals surface area (Å²) in [7, 11) is 0. The van der Waals surface area contributed by atoms with Crippen molar-refractivity contribution in [2.24, 2.45) is 0 Å². The number of hydrogen-bond donors (Lipinski definition) is 0. The lowest BCUT2D eigenvalue weighted by atomic mass is 10.2. The predicted molar refractivity (Wildman–Crippen MR) is 73.5 cm³/mol. The smallest absolute Gasteiger partial charge is 0.412 e. The molecule has 0 unspecified atom stereocenters. The first-order valence-corrected chi connectivity index (χ1v) is 7.83. The minimum atomic E-state index is -4.51. The van der Waals surface area contributed by atoms with Crippen molar-refractivity contribution in [3.05, 3.63) is 15.3 Å². The second kappa shape index (κ2) is 5.55. The van der Waals surface area contributed by atoms with Crippen molar-refractivity contribution in [1.29, 1.82) is 0 Å². The molecule has 1 aromatic rings. The number of thiophene rings is 1. The Morgan fingerprint density at radius 2 is 2.15 bits per heavy atom. The van der Waals surface area contributed by atoms with Gasteiger partial charge in [-0.25, -0.2) is 0 Å². The van der Waals surface area contributed by atoms with E-state index in [4.69, 9.17) is 4.74 Å². The van der Waals surface area contributed by atoms with Crippen molar-refractivity contribution >= 4 is 33.2 Å². The maximum absolute atomic E-state index is 13.1. The Balaban J connectivity index is 2.40. The predicted octanol–water partition coefficient (Wildman–Crippen LogP) is 3.41. The molecule has 0 radical (unpaired) electrons. The lowest BCUT2D eigenvalue weighted by Gasteiger charge is -2.30. The molecule has 0 spiro atoms. The van der Waals surface area contributed by atoms with Gasteiger partial charge in [0.25, 0.3) is 0 Å². The summed E-state index contributed by atoms with van der Waals surface area (Å²) in [5.41, 5.74) is 0.846. The number of fused-ring (bicyclic) bond motifs is 1. The summed E-state index contributed by atoms with van der Waals surface area (Å²) in [4.78, 5) is 14.3. The van der Waals surface area contributed by atoms with Crippen LogP contribution in [0.3, 0.4) is 0 Å². The maximum atomic E-state index is 13.1. The van der Waals surface area contributed by atoms with Crippen molar-refractivity contribution < 1.29 is 22.7 Å². The third-order valence-electron chi connectivity index (χ3n) is 3.29. The molecule has 3 nitrogen and oxygen atoms in total. The number of carbonyl (C=O) groups is 1. The van der Waals surface area contributed by atoms with E-state index in [9.17, 15) is 18.0 Å². The average Bonchev–Trinajstić information content (AvgIpc) is 2.54. The first-order valence-electron chi connectivity index (χ1n) is 5.89. The normalized spacial score (nSPS) is 19.3. The fraction of sp³-hybridized carbons (Fsp3) is 0.583. The Morgan fingerprint density at radius 3 is 2.70 bits per heavy atom. The van der Waals surface area contributed by atoms with Crippen LogP contribution >= 0.6 is 27.3 Å². The minimum absolute atomic E-state index is 0.0662. The highest BCUT2D eigenvalue weighted by Crippen LogP contribution is 2.39. The lowest BCUT2D eigenvalue weighted by molar-refractivity contribution is -0.194. The zero-order valence-corrected chi connectivity index (χ0v) is 13.3. The molecule has 112 valence electrons. The van der Waals surface area contributed by atoms with Crippen molar-refractivity contribution in [1.82, 2.24) is 4.90 Å². The molecule has 1 aliphatic heterocycles. The molecule has 1 amide bonds. The van der Waals surface area contributed by atoms with Crippen molar-refractivity contribution in [3.8, 4) is 5.75 Å². The summed E-state index contributed by atoms with van der Waals surface area (Å²) < 4.78 is 44.6. The van der Waals surface area contributed by atoms with Gasteiger partial charge in [0.2, 0.25) is 5.91 Å². The van der Waals surface area contributed by atoms with Crippen LogP contribution in [-0.2, 0) is 11.3 Å². The number of amides is 1. The van der Waals surface area contributed by atoms with Gasteiger partial charge >= 0.3 is 6.18 Å². The zero-order valence-electron chi connectivity index (χ0n) is 10.9.